The molecule has 0 unspecified atom stereocenters. The van der Waals surface area contributed by atoms with Crippen LogP contribution < -0.4 is 10.5 Å². The number of nitrogens with one attached hydrogen (secondary N) is 1. The minimum Gasteiger partial charge on any atom is -0.399 e. The Balaban J connectivity index is 2.29. The molecule has 0 atom stereocenters. The Morgan fingerprint density at radius 1 is 1.38 bits per heavy atom. The highest BCUT2D eigenvalue weighted by molar-refractivity contribution is 7.89. The lowest BCUT2D eigenvalue weighted by Crippen LogP contribution is -2.24. The molecule has 0 saturated heterocycles. The molecule has 0 bridgehead atoms. The van der Waals surface area contributed by atoms with Crippen LogP contribution in [0, 0.1) is 19.7 Å². The van der Waals surface area contributed by atoms with Crippen molar-refractivity contribution in [2.45, 2.75) is 25.3 Å². The van der Waals surface area contributed by atoms with Crippen LogP contribution in [-0.2, 0) is 23.6 Å². The number of hydrogen-bond acceptors (Lipinski definition) is 4. The van der Waals surface area contributed by atoms with E-state index in [9.17, 15) is 12.8 Å². The van der Waals surface area contributed by atoms with Crippen LogP contribution in [-0.4, -0.2) is 18.2 Å². The molecule has 0 radical (unpaired) electrons. The van der Waals surface area contributed by atoms with E-state index in [0.29, 0.717) is 0 Å². The van der Waals surface area contributed by atoms with Gasteiger partial charge in [0.15, 0.2) is 0 Å². The van der Waals surface area contributed by atoms with E-state index in [2.05, 4.69) is 9.82 Å². The second-order valence-corrected chi connectivity index (χ2v) is 6.60. The highest BCUT2D eigenvalue weighted by Gasteiger charge is 2.20. The Morgan fingerprint density at radius 2 is 2.05 bits per heavy atom. The number of nitrogen functional groups attached to an aromatic ring is 1. The molecule has 0 aliphatic heterocycles. The first-order valence-electron chi connectivity index (χ1n) is 6.25. The molecule has 1 aromatic carbocycles. The number of halogens is 1. The lowest BCUT2D eigenvalue weighted by Gasteiger charge is -2.10. The maximum Gasteiger partial charge on any atom is 0.241 e. The zero-order valence-corrected chi connectivity index (χ0v) is 12.8. The Kier molecular flexibility index (Phi) is 4.02. The van der Waals surface area contributed by atoms with E-state index < -0.39 is 15.8 Å². The second kappa shape index (κ2) is 5.45. The summed E-state index contributed by atoms with van der Waals surface area (Å²) >= 11 is 0. The lowest BCUT2D eigenvalue weighted by molar-refractivity contribution is 0.574. The summed E-state index contributed by atoms with van der Waals surface area (Å²) in [6.45, 7) is 3.27. The average Bonchev–Trinajstić information content (AvgIpc) is 2.70. The van der Waals surface area contributed by atoms with Crippen molar-refractivity contribution in [2.24, 2.45) is 7.05 Å². The van der Waals surface area contributed by atoms with Gasteiger partial charge in [-0.05, 0) is 26.0 Å². The van der Waals surface area contributed by atoms with Crippen molar-refractivity contribution in [3.8, 4) is 0 Å². The van der Waals surface area contributed by atoms with Gasteiger partial charge in [-0.1, -0.05) is 0 Å². The summed E-state index contributed by atoms with van der Waals surface area (Å²) in [4.78, 5) is -0.151. The summed E-state index contributed by atoms with van der Waals surface area (Å²) in [6, 6.07) is 2.34. The van der Waals surface area contributed by atoms with E-state index in [1.165, 1.54) is 13.0 Å². The molecule has 21 heavy (non-hydrogen) atoms. The molecule has 6 nitrogen and oxygen atoms in total. The molecular weight excluding hydrogens is 295 g/mol. The highest BCUT2D eigenvalue weighted by Crippen LogP contribution is 2.22. The third-order valence-electron chi connectivity index (χ3n) is 3.18. The molecule has 0 saturated carbocycles. The smallest absolute Gasteiger partial charge is 0.241 e. The van der Waals surface area contributed by atoms with Crippen molar-refractivity contribution in [3.05, 3.63) is 41.0 Å². The SMILES string of the molecule is Cc1nn(C)cc1CNS(=O)(=O)c1cc(N)cc(F)c1C. The number of hydrogen-bond donors (Lipinski definition) is 2. The maximum absolute atomic E-state index is 13.6. The Hall–Kier alpha value is -1.93. The molecule has 8 heteroatoms. The quantitative estimate of drug-likeness (QED) is 0.831. The van der Waals surface area contributed by atoms with E-state index >= 15 is 0 Å². The van der Waals surface area contributed by atoms with E-state index in [-0.39, 0.29) is 22.7 Å². The molecule has 2 rings (SSSR count). The van der Waals surface area contributed by atoms with Crippen LogP contribution in [0.4, 0.5) is 10.1 Å². The van der Waals surface area contributed by atoms with Crippen LogP contribution in [0.15, 0.2) is 23.2 Å². The molecule has 1 aromatic heterocycles. The Bertz CT molecular complexity index is 784. The van der Waals surface area contributed by atoms with Gasteiger partial charge in [-0.3, -0.25) is 4.68 Å². The predicted octanol–water partition coefficient (Wildman–Crippen LogP) is 1.24. The molecule has 0 aliphatic rings. The fraction of sp³-hybridized carbons (Fsp3) is 0.308. The normalized spacial score (nSPS) is 11.8. The van der Waals surface area contributed by atoms with E-state index in [0.717, 1.165) is 17.3 Å². The number of sulfonamides is 1. The van der Waals surface area contributed by atoms with Crippen molar-refractivity contribution in [2.75, 3.05) is 5.73 Å². The van der Waals surface area contributed by atoms with Crippen LogP contribution in [0.1, 0.15) is 16.8 Å². The summed E-state index contributed by atoms with van der Waals surface area (Å²) in [7, 11) is -2.10. The van der Waals surface area contributed by atoms with Crippen molar-refractivity contribution in [3.63, 3.8) is 0 Å². The molecule has 0 fully saturated rings. The van der Waals surface area contributed by atoms with Crippen molar-refractivity contribution in [1.29, 1.82) is 0 Å². The first-order chi connectivity index (χ1) is 9.70. The van der Waals surface area contributed by atoms with Gasteiger partial charge in [0, 0.05) is 36.6 Å². The molecule has 2 aromatic rings. The minimum absolute atomic E-state index is 0.0413. The molecule has 0 spiro atoms. The van der Waals surface area contributed by atoms with E-state index in [1.807, 2.05) is 0 Å². The van der Waals surface area contributed by atoms with E-state index in [1.54, 1.807) is 24.9 Å². The average molecular weight is 312 g/mol. The number of aryl methyl sites for hydroxylation is 2. The number of nitrogens with zero attached hydrogens (tertiary/aromatic N) is 2. The number of rotatable bonds is 4. The number of nitrogens with two attached hydrogens (primary N) is 1. The van der Waals surface area contributed by atoms with Gasteiger partial charge in [-0.2, -0.15) is 5.10 Å². The third-order valence-corrected chi connectivity index (χ3v) is 4.70. The summed E-state index contributed by atoms with van der Waals surface area (Å²) in [5, 5.41) is 4.13. The Labute approximate surface area is 122 Å². The predicted molar refractivity (Wildman–Crippen MR) is 77.5 cm³/mol. The molecule has 1 heterocycles. The van der Waals surface area contributed by atoms with Gasteiger partial charge >= 0.3 is 0 Å². The molecule has 0 aliphatic carbocycles. The van der Waals surface area contributed by atoms with Crippen LogP contribution in [0.3, 0.4) is 0 Å². The van der Waals surface area contributed by atoms with Crippen molar-refractivity contribution < 1.29 is 12.8 Å². The zero-order valence-electron chi connectivity index (χ0n) is 12.0. The summed E-state index contributed by atoms with van der Waals surface area (Å²) < 4.78 is 42.2. The fourth-order valence-electron chi connectivity index (χ4n) is 2.03. The summed E-state index contributed by atoms with van der Waals surface area (Å²) in [6.07, 6.45) is 1.73. The number of benzene rings is 1. The zero-order chi connectivity index (χ0) is 15.8. The fourth-order valence-corrected chi connectivity index (χ4v) is 3.32. The molecule has 3 N–H and O–H groups in total. The largest absolute Gasteiger partial charge is 0.399 e. The van der Waals surface area contributed by atoms with Crippen LogP contribution in [0.2, 0.25) is 0 Å². The van der Waals surface area contributed by atoms with Crippen LogP contribution in [0.5, 0.6) is 0 Å². The topological polar surface area (TPSA) is 90.0 Å². The number of aromatic nitrogens is 2. The first kappa shape index (κ1) is 15.5. The van der Waals surface area contributed by atoms with Crippen molar-refractivity contribution >= 4 is 15.7 Å². The summed E-state index contributed by atoms with van der Waals surface area (Å²) in [5.74, 6) is -0.645. The van der Waals surface area contributed by atoms with Gasteiger partial charge in [0.05, 0.1) is 10.6 Å². The molecule has 0 amide bonds. The summed E-state index contributed by atoms with van der Waals surface area (Å²) in [5.41, 5.74) is 7.11. The Morgan fingerprint density at radius 3 is 2.62 bits per heavy atom. The van der Waals surface area contributed by atoms with Crippen LogP contribution in [0.25, 0.3) is 0 Å². The second-order valence-electron chi connectivity index (χ2n) is 4.86. The molecule has 114 valence electrons. The lowest BCUT2D eigenvalue weighted by atomic mass is 10.2. The van der Waals surface area contributed by atoms with Gasteiger partial charge in [0.25, 0.3) is 0 Å². The maximum atomic E-state index is 13.6. The third kappa shape index (κ3) is 3.22. The monoisotopic (exact) mass is 312 g/mol. The van der Waals surface area contributed by atoms with Gasteiger partial charge in [-0.25, -0.2) is 17.5 Å². The highest BCUT2D eigenvalue weighted by atomic mass is 32.2. The minimum atomic E-state index is -3.85. The standard InChI is InChI=1S/C13H17FN4O2S/c1-8-12(14)4-11(15)5-13(8)21(19,20)16-6-10-7-18(3)17-9(10)2/h4-5,7,16H,6,15H2,1-3H3. The van der Waals surface area contributed by atoms with Gasteiger partial charge in [0.2, 0.25) is 10.0 Å². The van der Waals surface area contributed by atoms with Crippen molar-refractivity contribution in [1.82, 2.24) is 14.5 Å². The first-order valence-corrected chi connectivity index (χ1v) is 7.73. The van der Waals surface area contributed by atoms with E-state index in [4.69, 9.17) is 5.73 Å². The van der Waals surface area contributed by atoms with Gasteiger partial charge in [-0.15, -0.1) is 0 Å². The van der Waals surface area contributed by atoms with Gasteiger partial charge in [0.1, 0.15) is 5.82 Å². The molecular formula is C13H17FN4O2S. The van der Waals surface area contributed by atoms with Gasteiger partial charge < -0.3 is 5.73 Å². The number of anilines is 1. The van der Waals surface area contributed by atoms with Crippen LogP contribution >= 0.6 is 0 Å².